The largest absolute Gasteiger partial charge is 0.491 e. The van der Waals surface area contributed by atoms with E-state index in [2.05, 4.69) is 11.9 Å². The molecule has 1 aromatic heterocycles. The maximum absolute atomic E-state index is 12.1. The van der Waals surface area contributed by atoms with E-state index in [0.29, 0.717) is 29.4 Å². The summed E-state index contributed by atoms with van der Waals surface area (Å²) >= 11 is 0. The highest BCUT2D eigenvalue weighted by atomic mass is 16.5. The van der Waals surface area contributed by atoms with Crippen molar-refractivity contribution in [2.24, 2.45) is 0 Å². The fourth-order valence-corrected chi connectivity index (χ4v) is 1.98. The molecule has 0 fully saturated rings. The van der Waals surface area contributed by atoms with Crippen LogP contribution in [-0.4, -0.2) is 24.5 Å². The number of unbranched alkanes of at least 4 members (excludes halogenated alkanes) is 1. The van der Waals surface area contributed by atoms with Crippen molar-refractivity contribution >= 4 is 11.9 Å². The SMILES string of the molecule is CCCCOc1cc(C=CC(=O)c2ccccc2)ncc1OC. The molecule has 0 aliphatic heterocycles. The molecule has 0 spiro atoms. The molecule has 4 nitrogen and oxygen atoms in total. The molecule has 0 N–H and O–H groups in total. The Balaban J connectivity index is 2.11. The molecule has 2 aromatic rings. The third-order valence-corrected chi connectivity index (χ3v) is 3.29. The van der Waals surface area contributed by atoms with Crippen LogP contribution >= 0.6 is 0 Å². The first-order chi connectivity index (χ1) is 11.2. The van der Waals surface area contributed by atoms with Gasteiger partial charge in [0.1, 0.15) is 0 Å². The minimum Gasteiger partial charge on any atom is -0.491 e. The summed E-state index contributed by atoms with van der Waals surface area (Å²) in [5.41, 5.74) is 1.30. The van der Waals surface area contributed by atoms with E-state index in [9.17, 15) is 4.79 Å². The monoisotopic (exact) mass is 311 g/mol. The van der Waals surface area contributed by atoms with Crippen LogP contribution in [0.3, 0.4) is 0 Å². The molecule has 0 amide bonds. The van der Waals surface area contributed by atoms with Gasteiger partial charge in [-0.1, -0.05) is 43.7 Å². The molecule has 0 radical (unpaired) electrons. The zero-order valence-electron chi connectivity index (χ0n) is 13.5. The molecule has 0 saturated carbocycles. The van der Waals surface area contributed by atoms with Crippen LogP contribution in [0.15, 0.2) is 48.7 Å². The van der Waals surface area contributed by atoms with Gasteiger partial charge in [-0.2, -0.15) is 0 Å². The molecule has 1 heterocycles. The van der Waals surface area contributed by atoms with Crippen LogP contribution in [-0.2, 0) is 0 Å². The van der Waals surface area contributed by atoms with E-state index in [1.807, 2.05) is 18.2 Å². The Bertz CT molecular complexity index is 666. The number of allylic oxidation sites excluding steroid dienone is 1. The molecule has 2 rings (SSSR count). The predicted octanol–water partition coefficient (Wildman–Crippen LogP) is 4.17. The van der Waals surface area contributed by atoms with Gasteiger partial charge in [-0.05, 0) is 18.6 Å². The Hall–Kier alpha value is -2.62. The number of hydrogen-bond acceptors (Lipinski definition) is 4. The Labute approximate surface area is 136 Å². The number of pyridine rings is 1. The number of methoxy groups -OCH3 is 1. The molecule has 4 heteroatoms. The van der Waals surface area contributed by atoms with Crippen molar-refractivity contribution in [1.29, 1.82) is 0 Å². The Morgan fingerprint density at radius 2 is 2.00 bits per heavy atom. The Morgan fingerprint density at radius 1 is 1.22 bits per heavy atom. The van der Waals surface area contributed by atoms with E-state index in [0.717, 1.165) is 12.8 Å². The van der Waals surface area contributed by atoms with Crippen LogP contribution in [0.4, 0.5) is 0 Å². The summed E-state index contributed by atoms with van der Waals surface area (Å²) in [6.45, 7) is 2.74. The first-order valence-corrected chi connectivity index (χ1v) is 7.69. The van der Waals surface area contributed by atoms with Gasteiger partial charge >= 0.3 is 0 Å². The third-order valence-electron chi connectivity index (χ3n) is 3.29. The molecule has 0 aliphatic rings. The van der Waals surface area contributed by atoms with Gasteiger partial charge in [-0.15, -0.1) is 0 Å². The highest BCUT2D eigenvalue weighted by Gasteiger charge is 2.06. The van der Waals surface area contributed by atoms with Crippen LogP contribution in [0.1, 0.15) is 35.8 Å². The van der Waals surface area contributed by atoms with Crippen LogP contribution in [0.5, 0.6) is 11.5 Å². The fraction of sp³-hybridized carbons (Fsp3) is 0.263. The molecule has 1 aromatic carbocycles. The minimum atomic E-state index is -0.0586. The summed E-state index contributed by atoms with van der Waals surface area (Å²) in [7, 11) is 1.58. The van der Waals surface area contributed by atoms with E-state index < -0.39 is 0 Å². The van der Waals surface area contributed by atoms with Gasteiger partial charge in [0.2, 0.25) is 0 Å². The minimum absolute atomic E-state index is 0.0586. The highest BCUT2D eigenvalue weighted by molar-refractivity contribution is 6.06. The Morgan fingerprint density at radius 3 is 2.70 bits per heavy atom. The molecule has 0 unspecified atom stereocenters. The summed E-state index contributed by atoms with van der Waals surface area (Å²) < 4.78 is 11.0. The van der Waals surface area contributed by atoms with Crippen LogP contribution < -0.4 is 9.47 Å². The number of carbonyl (C=O) groups is 1. The predicted molar refractivity (Wildman–Crippen MR) is 91.0 cm³/mol. The number of rotatable bonds is 8. The number of ketones is 1. The lowest BCUT2D eigenvalue weighted by molar-refractivity contribution is 0.104. The third kappa shape index (κ3) is 4.95. The molecule has 0 aliphatic carbocycles. The summed E-state index contributed by atoms with van der Waals surface area (Å²) in [5.74, 6) is 1.17. The average Bonchev–Trinajstić information content (AvgIpc) is 2.61. The van der Waals surface area contributed by atoms with E-state index in [-0.39, 0.29) is 5.78 Å². The molecule has 0 bridgehead atoms. The smallest absolute Gasteiger partial charge is 0.185 e. The van der Waals surface area contributed by atoms with Gasteiger partial charge in [0, 0.05) is 11.6 Å². The maximum atomic E-state index is 12.1. The van der Waals surface area contributed by atoms with Gasteiger partial charge in [-0.25, -0.2) is 0 Å². The lowest BCUT2D eigenvalue weighted by Gasteiger charge is -2.10. The number of benzene rings is 1. The quantitative estimate of drug-likeness (QED) is 0.417. The molecular weight excluding hydrogens is 290 g/mol. The van der Waals surface area contributed by atoms with Gasteiger partial charge in [0.25, 0.3) is 0 Å². The van der Waals surface area contributed by atoms with Gasteiger partial charge in [0.15, 0.2) is 17.3 Å². The van der Waals surface area contributed by atoms with Gasteiger partial charge in [-0.3, -0.25) is 9.78 Å². The van der Waals surface area contributed by atoms with Crippen molar-refractivity contribution in [1.82, 2.24) is 4.98 Å². The molecule has 0 saturated heterocycles. The summed E-state index contributed by atoms with van der Waals surface area (Å²) in [6.07, 6.45) is 6.84. The van der Waals surface area contributed by atoms with Crippen molar-refractivity contribution in [3.63, 3.8) is 0 Å². The average molecular weight is 311 g/mol. The van der Waals surface area contributed by atoms with Crippen LogP contribution in [0.25, 0.3) is 6.08 Å². The molecule has 120 valence electrons. The fourth-order valence-electron chi connectivity index (χ4n) is 1.98. The second-order valence-corrected chi connectivity index (χ2v) is 5.03. The highest BCUT2D eigenvalue weighted by Crippen LogP contribution is 2.27. The number of ether oxygens (including phenoxy) is 2. The van der Waals surface area contributed by atoms with Crippen molar-refractivity contribution in [2.75, 3.05) is 13.7 Å². The van der Waals surface area contributed by atoms with Gasteiger partial charge < -0.3 is 9.47 Å². The molecular formula is C19H21NO3. The second kappa shape index (κ2) is 8.73. The van der Waals surface area contributed by atoms with Crippen molar-refractivity contribution in [2.45, 2.75) is 19.8 Å². The topological polar surface area (TPSA) is 48.4 Å². The number of hydrogen-bond donors (Lipinski definition) is 0. The first-order valence-electron chi connectivity index (χ1n) is 7.69. The van der Waals surface area contributed by atoms with E-state index in [1.165, 1.54) is 6.08 Å². The maximum Gasteiger partial charge on any atom is 0.185 e. The van der Waals surface area contributed by atoms with Crippen molar-refractivity contribution < 1.29 is 14.3 Å². The van der Waals surface area contributed by atoms with Gasteiger partial charge in [0.05, 0.1) is 25.6 Å². The lowest BCUT2D eigenvalue weighted by atomic mass is 10.1. The number of nitrogens with zero attached hydrogens (tertiary/aromatic N) is 1. The molecule has 23 heavy (non-hydrogen) atoms. The van der Waals surface area contributed by atoms with E-state index in [4.69, 9.17) is 9.47 Å². The number of carbonyl (C=O) groups excluding carboxylic acids is 1. The standard InChI is InChI=1S/C19H21NO3/c1-3-4-12-23-18-13-16(20-14-19(18)22-2)10-11-17(21)15-8-6-5-7-9-15/h5-11,13-14H,3-4,12H2,1-2H3. The van der Waals surface area contributed by atoms with Crippen LogP contribution in [0, 0.1) is 0 Å². The number of aromatic nitrogens is 1. The zero-order chi connectivity index (χ0) is 16.5. The normalized spacial score (nSPS) is 10.7. The molecule has 0 atom stereocenters. The Kier molecular flexibility index (Phi) is 6.36. The lowest BCUT2D eigenvalue weighted by Crippen LogP contribution is -2.00. The summed E-state index contributed by atoms with van der Waals surface area (Å²) in [4.78, 5) is 16.3. The van der Waals surface area contributed by atoms with Crippen molar-refractivity contribution in [3.05, 3.63) is 59.9 Å². The zero-order valence-corrected chi connectivity index (χ0v) is 13.5. The van der Waals surface area contributed by atoms with Crippen molar-refractivity contribution in [3.8, 4) is 11.5 Å². The van der Waals surface area contributed by atoms with E-state index in [1.54, 1.807) is 37.6 Å². The first kappa shape index (κ1) is 16.7. The van der Waals surface area contributed by atoms with Crippen LogP contribution in [0.2, 0.25) is 0 Å². The van der Waals surface area contributed by atoms with E-state index >= 15 is 0 Å². The summed E-state index contributed by atoms with van der Waals surface area (Å²) in [5, 5.41) is 0. The summed E-state index contributed by atoms with van der Waals surface area (Å²) in [6, 6.07) is 10.9. The second-order valence-electron chi connectivity index (χ2n) is 5.03.